The number of nitrogens with one attached hydrogen (secondary N) is 1. The molecule has 0 radical (unpaired) electrons. The van der Waals surface area contributed by atoms with Gasteiger partial charge in [0.15, 0.2) is 0 Å². The van der Waals surface area contributed by atoms with Crippen LogP contribution in [0.2, 0.25) is 0 Å². The summed E-state index contributed by atoms with van der Waals surface area (Å²) in [5, 5.41) is 3.19. The predicted octanol–water partition coefficient (Wildman–Crippen LogP) is 2.72. The second kappa shape index (κ2) is 4.65. The van der Waals surface area contributed by atoms with Crippen molar-refractivity contribution in [3.63, 3.8) is 0 Å². The van der Waals surface area contributed by atoms with Crippen molar-refractivity contribution in [3.8, 4) is 0 Å². The molecule has 0 unspecified atom stereocenters. The number of aryl methyl sites for hydroxylation is 1. The van der Waals surface area contributed by atoms with E-state index in [-0.39, 0.29) is 0 Å². The first-order valence-electron chi connectivity index (χ1n) is 4.77. The lowest BCUT2D eigenvalue weighted by Gasteiger charge is -2.07. The Bertz CT molecular complexity index is 493. The number of benzene rings is 1. The summed E-state index contributed by atoms with van der Waals surface area (Å²) in [5.74, 6) is 1.85. The lowest BCUT2D eigenvalue weighted by Crippen LogP contribution is -2.00. The third-order valence-corrected chi connectivity index (χ3v) is 2.63. The van der Waals surface area contributed by atoms with Crippen molar-refractivity contribution >= 4 is 39.9 Å². The molecule has 0 atom stereocenters. The fourth-order valence-corrected chi connectivity index (χ4v) is 1.91. The van der Waals surface area contributed by atoms with E-state index in [1.54, 1.807) is 6.07 Å². The third kappa shape index (κ3) is 2.82. The van der Waals surface area contributed by atoms with E-state index in [9.17, 15) is 0 Å². The minimum absolute atomic E-state index is 0.473. The maximum Gasteiger partial charge on any atom is 0.136 e. The fourth-order valence-electron chi connectivity index (χ4n) is 1.37. The Morgan fingerprint density at radius 1 is 1.25 bits per heavy atom. The van der Waals surface area contributed by atoms with Gasteiger partial charge in [-0.25, -0.2) is 9.97 Å². The monoisotopic (exact) mass is 326 g/mol. The van der Waals surface area contributed by atoms with Crippen LogP contribution < -0.4 is 11.1 Å². The summed E-state index contributed by atoms with van der Waals surface area (Å²) in [6.07, 6.45) is 0. The maximum atomic E-state index is 5.65. The van der Waals surface area contributed by atoms with Crippen molar-refractivity contribution in [2.45, 2.75) is 6.92 Å². The summed E-state index contributed by atoms with van der Waals surface area (Å²) in [6.45, 7) is 1.82. The second-order valence-corrected chi connectivity index (χ2v) is 4.61. The van der Waals surface area contributed by atoms with E-state index in [2.05, 4.69) is 37.9 Å². The first-order valence-corrected chi connectivity index (χ1v) is 5.85. The number of aromatic nitrogens is 2. The molecule has 82 valence electrons. The average molecular weight is 326 g/mol. The Balaban J connectivity index is 2.27. The molecule has 2 rings (SSSR count). The van der Waals surface area contributed by atoms with Gasteiger partial charge in [0.1, 0.15) is 17.5 Å². The van der Waals surface area contributed by atoms with E-state index in [1.807, 2.05) is 31.2 Å². The summed E-state index contributed by atoms with van der Waals surface area (Å²) in [5.41, 5.74) is 6.64. The van der Waals surface area contributed by atoms with Crippen LogP contribution in [0.5, 0.6) is 0 Å². The van der Waals surface area contributed by atoms with Crippen molar-refractivity contribution in [1.29, 1.82) is 0 Å². The molecule has 4 nitrogen and oxygen atoms in total. The molecule has 1 aromatic heterocycles. The van der Waals surface area contributed by atoms with E-state index in [1.165, 1.54) is 3.57 Å². The molecule has 0 aliphatic heterocycles. The number of nitrogens with two attached hydrogens (primary N) is 1. The summed E-state index contributed by atoms with van der Waals surface area (Å²) < 4.78 is 1.17. The molecular formula is C11H11IN4. The predicted molar refractivity (Wildman–Crippen MR) is 73.6 cm³/mol. The molecule has 16 heavy (non-hydrogen) atoms. The Hall–Kier alpha value is -1.37. The topological polar surface area (TPSA) is 63.8 Å². The zero-order valence-electron chi connectivity index (χ0n) is 8.74. The van der Waals surface area contributed by atoms with E-state index >= 15 is 0 Å². The summed E-state index contributed by atoms with van der Waals surface area (Å²) in [7, 11) is 0. The highest BCUT2D eigenvalue weighted by Gasteiger charge is 2.00. The Kier molecular flexibility index (Phi) is 3.23. The van der Waals surface area contributed by atoms with E-state index in [0.29, 0.717) is 17.5 Å². The zero-order valence-corrected chi connectivity index (χ0v) is 10.9. The van der Waals surface area contributed by atoms with Crippen LogP contribution in [0.25, 0.3) is 0 Å². The number of anilines is 3. The normalized spacial score (nSPS) is 10.1. The molecule has 1 heterocycles. The van der Waals surface area contributed by atoms with E-state index in [4.69, 9.17) is 5.73 Å². The van der Waals surface area contributed by atoms with E-state index in [0.717, 1.165) is 5.69 Å². The van der Waals surface area contributed by atoms with Crippen LogP contribution >= 0.6 is 22.6 Å². The molecule has 0 saturated heterocycles. The van der Waals surface area contributed by atoms with Gasteiger partial charge in [-0.05, 0) is 47.7 Å². The van der Waals surface area contributed by atoms with Crippen molar-refractivity contribution < 1.29 is 0 Å². The number of hydrogen-bond acceptors (Lipinski definition) is 4. The van der Waals surface area contributed by atoms with Crippen LogP contribution in [0.3, 0.4) is 0 Å². The Labute approximate surface area is 107 Å². The maximum absolute atomic E-state index is 5.65. The van der Waals surface area contributed by atoms with Crippen LogP contribution in [0.1, 0.15) is 5.82 Å². The Morgan fingerprint density at radius 3 is 2.75 bits per heavy atom. The molecule has 0 aliphatic carbocycles. The van der Waals surface area contributed by atoms with Gasteiger partial charge in [0, 0.05) is 15.3 Å². The quantitative estimate of drug-likeness (QED) is 0.833. The minimum atomic E-state index is 0.473. The molecule has 5 heteroatoms. The fraction of sp³-hybridized carbons (Fsp3) is 0.0909. The highest BCUT2D eigenvalue weighted by Crippen LogP contribution is 2.18. The van der Waals surface area contributed by atoms with Crippen molar-refractivity contribution in [2.75, 3.05) is 11.1 Å². The molecule has 1 aromatic carbocycles. The van der Waals surface area contributed by atoms with Crippen molar-refractivity contribution in [3.05, 3.63) is 39.7 Å². The van der Waals surface area contributed by atoms with Gasteiger partial charge in [0.25, 0.3) is 0 Å². The summed E-state index contributed by atoms with van der Waals surface area (Å²) >= 11 is 2.26. The number of hydrogen-bond donors (Lipinski definition) is 2. The van der Waals surface area contributed by atoms with Crippen LogP contribution in [0.15, 0.2) is 30.3 Å². The highest BCUT2D eigenvalue weighted by molar-refractivity contribution is 14.1. The molecule has 0 spiro atoms. The number of nitrogen functional groups attached to an aromatic ring is 1. The molecule has 0 fully saturated rings. The summed E-state index contributed by atoms with van der Waals surface area (Å²) in [6, 6.07) is 9.75. The van der Waals surface area contributed by atoms with Crippen LogP contribution in [0.4, 0.5) is 17.3 Å². The number of nitrogens with zero attached hydrogens (tertiary/aromatic N) is 2. The third-order valence-electron chi connectivity index (χ3n) is 1.95. The smallest absolute Gasteiger partial charge is 0.136 e. The van der Waals surface area contributed by atoms with Crippen molar-refractivity contribution in [1.82, 2.24) is 9.97 Å². The van der Waals surface area contributed by atoms with Gasteiger partial charge in [0.2, 0.25) is 0 Å². The molecule has 2 aromatic rings. The molecule has 0 bridgehead atoms. The van der Waals surface area contributed by atoms with Crippen LogP contribution in [0, 0.1) is 10.5 Å². The number of halogens is 1. The van der Waals surface area contributed by atoms with Crippen molar-refractivity contribution in [2.24, 2.45) is 0 Å². The Morgan fingerprint density at radius 2 is 2.06 bits per heavy atom. The van der Waals surface area contributed by atoms with Crippen LogP contribution in [-0.4, -0.2) is 9.97 Å². The standard InChI is InChI=1S/C11H11IN4/c1-7-14-10(13)6-11(15-7)16-9-4-2-3-8(12)5-9/h2-6H,1H3,(H3,13,14,15,16). The lowest BCUT2D eigenvalue weighted by molar-refractivity contribution is 1.06. The highest BCUT2D eigenvalue weighted by atomic mass is 127. The van der Waals surface area contributed by atoms with Gasteiger partial charge in [-0.15, -0.1) is 0 Å². The SMILES string of the molecule is Cc1nc(N)cc(Nc2cccc(I)c2)n1. The van der Waals surface area contributed by atoms with Gasteiger partial charge < -0.3 is 11.1 Å². The number of rotatable bonds is 2. The largest absolute Gasteiger partial charge is 0.384 e. The van der Waals surface area contributed by atoms with Gasteiger partial charge in [-0.2, -0.15) is 0 Å². The first kappa shape index (κ1) is 11.1. The van der Waals surface area contributed by atoms with Gasteiger partial charge in [0.05, 0.1) is 0 Å². The van der Waals surface area contributed by atoms with Gasteiger partial charge >= 0.3 is 0 Å². The molecule has 0 aliphatic rings. The van der Waals surface area contributed by atoms with Gasteiger partial charge in [-0.3, -0.25) is 0 Å². The van der Waals surface area contributed by atoms with Crippen LogP contribution in [-0.2, 0) is 0 Å². The second-order valence-electron chi connectivity index (χ2n) is 3.36. The lowest BCUT2D eigenvalue weighted by atomic mass is 10.3. The average Bonchev–Trinajstić information content (AvgIpc) is 2.15. The molecule has 0 amide bonds. The molecular weight excluding hydrogens is 315 g/mol. The summed E-state index contributed by atoms with van der Waals surface area (Å²) in [4.78, 5) is 8.27. The molecule has 3 N–H and O–H groups in total. The van der Waals surface area contributed by atoms with Gasteiger partial charge in [-0.1, -0.05) is 6.07 Å². The molecule has 0 saturated carbocycles. The first-order chi connectivity index (χ1) is 7.63. The minimum Gasteiger partial charge on any atom is -0.384 e. The van der Waals surface area contributed by atoms with E-state index < -0.39 is 0 Å². The zero-order chi connectivity index (χ0) is 11.5.